The van der Waals surface area contributed by atoms with Crippen molar-refractivity contribution in [1.29, 1.82) is 0 Å². The molecule has 0 spiro atoms. The highest BCUT2D eigenvalue weighted by Gasteiger charge is 2.49. The second kappa shape index (κ2) is 4.82. The van der Waals surface area contributed by atoms with Crippen LogP contribution in [-0.2, 0) is 4.79 Å². The van der Waals surface area contributed by atoms with Crippen molar-refractivity contribution < 1.29 is 9.90 Å². The van der Waals surface area contributed by atoms with Crippen molar-refractivity contribution in [3.8, 4) is 0 Å². The van der Waals surface area contributed by atoms with Crippen LogP contribution in [0.4, 0.5) is 0 Å². The molecular weight excluding hydrogens is 228 g/mol. The Kier molecular flexibility index (Phi) is 3.32. The number of nitrogens with two attached hydrogens (primary N) is 1. The molecule has 0 heterocycles. The predicted molar refractivity (Wildman–Crippen MR) is 68.7 cm³/mol. The molecule has 3 fully saturated rings. The third-order valence-electron chi connectivity index (χ3n) is 5.50. The highest BCUT2D eigenvalue weighted by molar-refractivity contribution is 5.80. The molecule has 3 saturated carbocycles. The molecule has 1 amide bonds. The number of aliphatic hydroxyl groups is 1. The van der Waals surface area contributed by atoms with Gasteiger partial charge in [-0.1, -0.05) is 6.42 Å². The highest BCUT2D eigenvalue weighted by atomic mass is 16.3. The van der Waals surface area contributed by atoms with Crippen LogP contribution in [0.15, 0.2) is 0 Å². The lowest BCUT2D eigenvalue weighted by atomic mass is 9.84. The highest BCUT2D eigenvalue weighted by Crippen LogP contribution is 2.47. The van der Waals surface area contributed by atoms with Gasteiger partial charge in [0.1, 0.15) is 0 Å². The van der Waals surface area contributed by atoms with Crippen LogP contribution in [0.5, 0.6) is 0 Å². The van der Waals surface area contributed by atoms with Crippen molar-refractivity contribution in [3.63, 3.8) is 0 Å². The van der Waals surface area contributed by atoms with Gasteiger partial charge in [0.25, 0.3) is 0 Å². The van der Waals surface area contributed by atoms with Crippen LogP contribution in [0, 0.1) is 23.7 Å². The smallest absolute Gasteiger partial charge is 0.225 e. The first-order valence-corrected chi connectivity index (χ1v) is 7.37. The van der Waals surface area contributed by atoms with Crippen molar-refractivity contribution in [2.75, 3.05) is 6.61 Å². The van der Waals surface area contributed by atoms with E-state index in [1.165, 1.54) is 12.8 Å². The van der Waals surface area contributed by atoms with Crippen LogP contribution >= 0.6 is 0 Å². The summed E-state index contributed by atoms with van der Waals surface area (Å²) in [5, 5.41) is 12.5. The van der Waals surface area contributed by atoms with Gasteiger partial charge in [-0.3, -0.25) is 4.79 Å². The van der Waals surface area contributed by atoms with Gasteiger partial charge >= 0.3 is 0 Å². The molecular formula is C14H24N2O2. The summed E-state index contributed by atoms with van der Waals surface area (Å²) in [6.45, 7) is 0.188. The Labute approximate surface area is 108 Å². The Hall–Kier alpha value is -0.610. The molecule has 18 heavy (non-hydrogen) atoms. The van der Waals surface area contributed by atoms with E-state index >= 15 is 0 Å². The van der Waals surface area contributed by atoms with Gasteiger partial charge in [0.05, 0.1) is 5.92 Å². The topological polar surface area (TPSA) is 75.4 Å². The Morgan fingerprint density at radius 1 is 1.22 bits per heavy atom. The molecule has 0 saturated heterocycles. The maximum Gasteiger partial charge on any atom is 0.225 e. The van der Waals surface area contributed by atoms with Crippen molar-refractivity contribution in [2.24, 2.45) is 29.4 Å². The molecule has 0 radical (unpaired) electrons. The fourth-order valence-corrected chi connectivity index (χ4v) is 4.45. The quantitative estimate of drug-likeness (QED) is 0.690. The first kappa shape index (κ1) is 12.4. The molecule has 4 heteroatoms. The number of hydrogen-bond donors (Lipinski definition) is 3. The molecule has 3 aliphatic rings. The Bertz CT molecular complexity index is 332. The molecule has 0 aliphatic heterocycles. The largest absolute Gasteiger partial charge is 0.396 e. The van der Waals surface area contributed by atoms with Gasteiger partial charge < -0.3 is 16.2 Å². The second-order valence-corrected chi connectivity index (χ2v) is 6.42. The summed E-state index contributed by atoms with van der Waals surface area (Å²) >= 11 is 0. The van der Waals surface area contributed by atoms with Crippen molar-refractivity contribution in [3.05, 3.63) is 0 Å². The molecule has 0 aromatic heterocycles. The van der Waals surface area contributed by atoms with E-state index in [2.05, 4.69) is 5.32 Å². The molecule has 6 atom stereocenters. The molecule has 4 nitrogen and oxygen atoms in total. The molecule has 3 rings (SSSR count). The van der Waals surface area contributed by atoms with E-state index in [1.54, 1.807) is 0 Å². The number of rotatable bonds is 3. The maximum atomic E-state index is 12.4. The van der Waals surface area contributed by atoms with Gasteiger partial charge in [-0.25, -0.2) is 0 Å². The molecule has 0 aromatic rings. The average molecular weight is 252 g/mol. The van der Waals surface area contributed by atoms with E-state index in [4.69, 9.17) is 5.73 Å². The van der Waals surface area contributed by atoms with E-state index in [1.807, 2.05) is 0 Å². The van der Waals surface area contributed by atoms with Crippen molar-refractivity contribution >= 4 is 5.91 Å². The minimum absolute atomic E-state index is 0.0312. The zero-order valence-electron chi connectivity index (χ0n) is 10.8. The lowest BCUT2D eigenvalue weighted by Crippen LogP contribution is -2.49. The third-order valence-corrected chi connectivity index (χ3v) is 5.50. The number of fused-ring (bicyclic) bond motifs is 2. The van der Waals surface area contributed by atoms with E-state index < -0.39 is 0 Å². The van der Waals surface area contributed by atoms with Gasteiger partial charge in [0.2, 0.25) is 5.91 Å². The van der Waals surface area contributed by atoms with Crippen LogP contribution in [0.3, 0.4) is 0 Å². The second-order valence-electron chi connectivity index (χ2n) is 6.42. The SMILES string of the molecule is NC1C2CCC(C2)C1C(=O)NC1CCCC1CO. The molecule has 4 N–H and O–H groups in total. The summed E-state index contributed by atoms with van der Waals surface area (Å²) in [6.07, 6.45) is 6.67. The van der Waals surface area contributed by atoms with Crippen molar-refractivity contribution in [2.45, 2.75) is 50.6 Å². The summed E-state index contributed by atoms with van der Waals surface area (Å²) in [6, 6.07) is 0.242. The standard InChI is InChI=1S/C14H24N2O2/c15-13-9-5-4-8(6-9)12(13)14(18)16-11-3-1-2-10(11)7-17/h8-13,17H,1-7,15H2,(H,16,18). The fraction of sp³-hybridized carbons (Fsp3) is 0.929. The number of nitrogens with one attached hydrogen (secondary N) is 1. The Morgan fingerprint density at radius 3 is 2.67 bits per heavy atom. The predicted octanol–water partition coefficient (Wildman–Crippen LogP) is 0.637. The van der Waals surface area contributed by atoms with E-state index in [0.717, 1.165) is 25.7 Å². The van der Waals surface area contributed by atoms with Gasteiger partial charge in [0, 0.05) is 24.6 Å². The van der Waals surface area contributed by atoms with Crippen molar-refractivity contribution in [1.82, 2.24) is 5.32 Å². The number of amides is 1. The zero-order valence-corrected chi connectivity index (χ0v) is 10.8. The molecule has 6 unspecified atom stereocenters. The van der Waals surface area contributed by atoms with Gasteiger partial charge in [-0.05, 0) is 43.9 Å². The summed E-state index contributed by atoms with van der Waals surface area (Å²) in [4.78, 5) is 12.4. The van der Waals surface area contributed by atoms with Crippen LogP contribution < -0.4 is 11.1 Å². The first-order chi connectivity index (χ1) is 8.70. The third kappa shape index (κ3) is 1.95. The molecule has 2 bridgehead atoms. The summed E-state index contributed by atoms with van der Waals surface area (Å²) in [5.41, 5.74) is 6.20. The molecule has 0 aromatic carbocycles. The zero-order chi connectivity index (χ0) is 12.7. The lowest BCUT2D eigenvalue weighted by molar-refractivity contribution is -0.128. The monoisotopic (exact) mass is 252 g/mol. The minimum atomic E-state index is 0.0312. The normalized spacial score (nSPS) is 46.6. The van der Waals surface area contributed by atoms with Crippen LogP contribution in [0.2, 0.25) is 0 Å². The van der Waals surface area contributed by atoms with Gasteiger partial charge in [-0.2, -0.15) is 0 Å². The molecule has 102 valence electrons. The van der Waals surface area contributed by atoms with E-state index in [0.29, 0.717) is 11.8 Å². The van der Waals surface area contributed by atoms with Gasteiger partial charge in [-0.15, -0.1) is 0 Å². The number of aliphatic hydroxyl groups excluding tert-OH is 1. The molecule has 3 aliphatic carbocycles. The Morgan fingerprint density at radius 2 is 2.00 bits per heavy atom. The van der Waals surface area contributed by atoms with E-state index in [-0.39, 0.29) is 36.4 Å². The first-order valence-electron chi connectivity index (χ1n) is 7.37. The van der Waals surface area contributed by atoms with E-state index in [9.17, 15) is 9.90 Å². The van der Waals surface area contributed by atoms with Crippen LogP contribution in [0.25, 0.3) is 0 Å². The van der Waals surface area contributed by atoms with Crippen LogP contribution in [0.1, 0.15) is 38.5 Å². The number of hydrogen-bond acceptors (Lipinski definition) is 3. The maximum absolute atomic E-state index is 12.4. The van der Waals surface area contributed by atoms with Gasteiger partial charge in [0.15, 0.2) is 0 Å². The van der Waals surface area contributed by atoms with Crippen LogP contribution in [-0.4, -0.2) is 29.7 Å². The minimum Gasteiger partial charge on any atom is -0.396 e. The number of carbonyl (C=O) groups excluding carboxylic acids is 1. The fourth-order valence-electron chi connectivity index (χ4n) is 4.45. The average Bonchev–Trinajstić information content (AvgIpc) is 3.03. The summed E-state index contributed by atoms with van der Waals surface area (Å²) in [5.74, 6) is 1.52. The summed E-state index contributed by atoms with van der Waals surface area (Å²) < 4.78 is 0. The lowest BCUT2D eigenvalue weighted by Gasteiger charge is -2.29. The number of carbonyl (C=O) groups is 1. The summed E-state index contributed by atoms with van der Waals surface area (Å²) in [7, 11) is 0. The Balaban J connectivity index is 1.61.